The van der Waals surface area contributed by atoms with Crippen LogP contribution in [0, 0.1) is 0 Å². The van der Waals surface area contributed by atoms with Crippen LogP contribution in [0.1, 0.15) is 18.1 Å². The van der Waals surface area contributed by atoms with Gasteiger partial charge in [0.2, 0.25) is 0 Å². The maximum absolute atomic E-state index is 11.9. The molecule has 1 amide bonds. The van der Waals surface area contributed by atoms with Gasteiger partial charge in [-0.2, -0.15) is 0 Å². The molecular formula is C17H19NO3. The van der Waals surface area contributed by atoms with E-state index in [1.165, 1.54) is 5.56 Å². The summed E-state index contributed by atoms with van der Waals surface area (Å²) in [5, 5.41) is 11.9. The Kier molecular flexibility index (Phi) is 5.35. The Hall–Kier alpha value is -2.33. The number of carbonyl (C=O) groups excluding carboxylic acids is 1. The van der Waals surface area contributed by atoms with E-state index in [1.54, 1.807) is 24.3 Å². The smallest absolute Gasteiger partial charge is 0.262 e. The van der Waals surface area contributed by atoms with E-state index < -0.39 is 0 Å². The summed E-state index contributed by atoms with van der Waals surface area (Å²) < 4.78 is 5.42. The number of aliphatic hydroxyl groups excluding tert-OH is 1. The lowest BCUT2D eigenvalue weighted by molar-refractivity contribution is -0.118. The Morgan fingerprint density at radius 1 is 1.14 bits per heavy atom. The first-order chi connectivity index (χ1) is 10.2. The summed E-state index contributed by atoms with van der Waals surface area (Å²) in [7, 11) is 0. The predicted octanol–water partition coefficient (Wildman–Crippen LogP) is 2.76. The summed E-state index contributed by atoms with van der Waals surface area (Å²) in [6.07, 6.45) is 0.925. The summed E-state index contributed by atoms with van der Waals surface area (Å²) in [4.78, 5) is 11.9. The summed E-state index contributed by atoms with van der Waals surface area (Å²) in [6, 6.07) is 14.8. The second-order valence-electron chi connectivity index (χ2n) is 4.70. The molecule has 0 fully saturated rings. The van der Waals surface area contributed by atoms with Crippen molar-refractivity contribution in [3.8, 4) is 5.75 Å². The van der Waals surface area contributed by atoms with Crippen LogP contribution in [0.15, 0.2) is 48.5 Å². The number of aryl methyl sites for hydroxylation is 1. The second kappa shape index (κ2) is 7.45. The third-order valence-electron chi connectivity index (χ3n) is 3.07. The molecule has 0 aromatic heterocycles. The van der Waals surface area contributed by atoms with Gasteiger partial charge in [-0.05, 0) is 41.8 Å². The number of aliphatic hydroxyl groups is 1. The zero-order valence-corrected chi connectivity index (χ0v) is 12.0. The number of hydrogen-bond acceptors (Lipinski definition) is 3. The number of hydrogen-bond donors (Lipinski definition) is 2. The van der Waals surface area contributed by atoms with Gasteiger partial charge >= 0.3 is 0 Å². The highest BCUT2D eigenvalue weighted by atomic mass is 16.5. The molecule has 2 rings (SSSR count). The minimum absolute atomic E-state index is 0.0484. The van der Waals surface area contributed by atoms with Crippen LogP contribution < -0.4 is 10.1 Å². The highest BCUT2D eigenvalue weighted by molar-refractivity contribution is 5.91. The molecule has 2 aromatic carbocycles. The van der Waals surface area contributed by atoms with Gasteiger partial charge in [0.15, 0.2) is 6.61 Å². The molecule has 0 unspecified atom stereocenters. The number of rotatable bonds is 6. The Bertz CT molecular complexity index is 610. The Labute approximate surface area is 124 Å². The van der Waals surface area contributed by atoms with Gasteiger partial charge in [-0.1, -0.05) is 31.2 Å². The van der Waals surface area contributed by atoms with E-state index in [0.29, 0.717) is 5.75 Å². The van der Waals surface area contributed by atoms with Crippen molar-refractivity contribution in [1.82, 2.24) is 0 Å². The van der Waals surface area contributed by atoms with Crippen LogP contribution in [0.5, 0.6) is 5.75 Å². The van der Waals surface area contributed by atoms with Crippen molar-refractivity contribution in [3.05, 3.63) is 59.7 Å². The number of nitrogens with one attached hydrogen (secondary N) is 1. The van der Waals surface area contributed by atoms with Crippen LogP contribution in [0.2, 0.25) is 0 Å². The molecule has 4 nitrogen and oxygen atoms in total. The molecule has 0 spiro atoms. The van der Waals surface area contributed by atoms with Crippen LogP contribution in [0.3, 0.4) is 0 Å². The fourth-order valence-corrected chi connectivity index (χ4v) is 1.95. The van der Waals surface area contributed by atoms with Crippen LogP contribution >= 0.6 is 0 Å². The zero-order chi connectivity index (χ0) is 15.1. The molecular weight excluding hydrogens is 266 g/mol. The van der Waals surface area contributed by atoms with E-state index in [0.717, 1.165) is 17.7 Å². The lowest BCUT2D eigenvalue weighted by atomic mass is 10.1. The molecule has 2 N–H and O–H groups in total. The quantitative estimate of drug-likeness (QED) is 0.858. The van der Waals surface area contributed by atoms with E-state index in [9.17, 15) is 4.79 Å². The fraction of sp³-hybridized carbons (Fsp3) is 0.235. The van der Waals surface area contributed by atoms with Crippen LogP contribution in [-0.4, -0.2) is 17.6 Å². The number of carbonyl (C=O) groups is 1. The molecule has 0 aliphatic carbocycles. The third-order valence-corrected chi connectivity index (χ3v) is 3.07. The van der Waals surface area contributed by atoms with Gasteiger partial charge in [0.05, 0.1) is 6.61 Å². The minimum Gasteiger partial charge on any atom is -0.484 e. The van der Waals surface area contributed by atoms with E-state index in [4.69, 9.17) is 9.84 Å². The first kappa shape index (κ1) is 15.1. The summed E-state index contributed by atoms with van der Waals surface area (Å²) in [6.45, 7) is 1.95. The van der Waals surface area contributed by atoms with Gasteiger partial charge < -0.3 is 15.2 Å². The third kappa shape index (κ3) is 4.61. The summed E-state index contributed by atoms with van der Waals surface area (Å²) in [5.74, 6) is 0.358. The second-order valence-corrected chi connectivity index (χ2v) is 4.70. The van der Waals surface area contributed by atoms with Gasteiger partial charge in [-0.25, -0.2) is 0 Å². The molecule has 0 aliphatic heterocycles. The van der Waals surface area contributed by atoms with Crippen molar-refractivity contribution in [2.75, 3.05) is 11.9 Å². The largest absolute Gasteiger partial charge is 0.484 e. The normalized spacial score (nSPS) is 10.2. The van der Waals surface area contributed by atoms with E-state index >= 15 is 0 Å². The van der Waals surface area contributed by atoms with Crippen molar-refractivity contribution in [1.29, 1.82) is 0 Å². The molecule has 0 saturated heterocycles. The van der Waals surface area contributed by atoms with Crippen molar-refractivity contribution in [3.63, 3.8) is 0 Å². The van der Waals surface area contributed by atoms with Crippen LogP contribution in [0.25, 0.3) is 0 Å². The molecule has 0 saturated carbocycles. The molecule has 0 heterocycles. The molecule has 0 aliphatic rings. The molecule has 110 valence electrons. The number of amides is 1. The Morgan fingerprint density at radius 3 is 2.67 bits per heavy atom. The Balaban J connectivity index is 1.89. The van der Waals surface area contributed by atoms with Crippen molar-refractivity contribution < 1.29 is 14.6 Å². The SMILES string of the molecule is CCc1cccc(NC(=O)COc2cccc(CO)c2)c1. The maximum atomic E-state index is 11.9. The molecule has 4 heteroatoms. The molecule has 0 atom stereocenters. The number of ether oxygens (including phenoxy) is 1. The highest BCUT2D eigenvalue weighted by Crippen LogP contribution is 2.14. The van der Waals surface area contributed by atoms with Crippen LogP contribution in [-0.2, 0) is 17.8 Å². The lowest BCUT2D eigenvalue weighted by Gasteiger charge is -2.09. The zero-order valence-electron chi connectivity index (χ0n) is 12.0. The maximum Gasteiger partial charge on any atom is 0.262 e. The average molecular weight is 285 g/mol. The van der Waals surface area contributed by atoms with E-state index in [-0.39, 0.29) is 19.1 Å². The van der Waals surface area contributed by atoms with Gasteiger partial charge in [-0.15, -0.1) is 0 Å². The number of benzene rings is 2. The summed E-state index contributed by atoms with van der Waals surface area (Å²) >= 11 is 0. The molecule has 2 aromatic rings. The monoisotopic (exact) mass is 285 g/mol. The highest BCUT2D eigenvalue weighted by Gasteiger charge is 2.04. The first-order valence-electron chi connectivity index (χ1n) is 6.92. The first-order valence-corrected chi connectivity index (χ1v) is 6.92. The van der Waals surface area contributed by atoms with Crippen LogP contribution in [0.4, 0.5) is 5.69 Å². The topological polar surface area (TPSA) is 58.6 Å². The van der Waals surface area contributed by atoms with Crippen molar-refractivity contribution in [2.24, 2.45) is 0 Å². The van der Waals surface area contributed by atoms with Gasteiger partial charge in [0.1, 0.15) is 5.75 Å². The fourth-order valence-electron chi connectivity index (χ4n) is 1.95. The summed E-state index contributed by atoms with van der Waals surface area (Å²) in [5.41, 5.74) is 2.69. The van der Waals surface area contributed by atoms with Gasteiger partial charge in [-0.3, -0.25) is 4.79 Å². The Morgan fingerprint density at radius 2 is 1.90 bits per heavy atom. The predicted molar refractivity (Wildman–Crippen MR) is 82.3 cm³/mol. The average Bonchev–Trinajstić information content (AvgIpc) is 2.53. The molecule has 0 radical (unpaired) electrons. The van der Waals surface area contributed by atoms with E-state index in [2.05, 4.69) is 12.2 Å². The van der Waals surface area contributed by atoms with E-state index in [1.807, 2.05) is 24.3 Å². The van der Waals surface area contributed by atoms with Crippen molar-refractivity contribution in [2.45, 2.75) is 20.0 Å². The van der Waals surface area contributed by atoms with Gasteiger partial charge in [0, 0.05) is 5.69 Å². The molecule has 0 bridgehead atoms. The van der Waals surface area contributed by atoms with Gasteiger partial charge in [0.25, 0.3) is 5.91 Å². The lowest BCUT2D eigenvalue weighted by Crippen LogP contribution is -2.20. The standard InChI is InChI=1S/C17H19NO3/c1-2-13-5-3-7-15(9-13)18-17(20)12-21-16-8-4-6-14(10-16)11-19/h3-10,19H,2,11-12H2,1H3,(H,18,20). The van der Waals surface area contributed by atoms with Crippen molar-refractivity contribution >= 4 is 11.6 Å². The minimum atomic E-state index is -0.211. The number of anilines is 1. The molecule has 21 heavy (non-hydrogen) atoms.